The Hall–Kier alpha value is -1.63. The number of hydrogen-bond acceptors (Lipinski definition) is 3. The number of Topliss-reactive ketones (excluding diaryl/α,β-unsaturated/α-hetero) is 1. The molecule has 0 bridgehead atoms. The Balaban J connectivity index is 2.98. The molecule has 1 heterocycles. The number of nitriles is 1. The van der Waals surface area contributed by atoms with Crippen molar-refractivity contribution in [3.8, 4) is 6.07 Å². The molecule has 1 aromatic rings. The normalized spacial score (nSPS) is 12.5. The lowest BCUT2D eigenvalue weighted by Crippen LogP contribution is -2.16. The number of aryl methyl sites for hydroxylation is 2. The molecule has 0 spiro atoms. The van der Waals surface area contributed by atoms with Crippen LogP contribution in [0, 0.1) is 23.2 Å². The van der Waals surface area contributed by atoms with Gasteiger partial charge in [0.1, 0.15) is 5.92 Å². The summed E-state index contributed by atoms with van der Waals surface area (Å²) in [5.41, 5.74) is 1.38. The largest absolute Gasteiger partial charge is 0.293 e. The average Bonchev–Trinajstić information content (AvgIpc) is 2.66. The third-order valence-electron chi connectivity index (χ3n) is 2.69. The Kier molecular flexibility index (Phi) is 4.45. The molecule has 4 nitrogen and oxygen atoms in total. The van der Waals surface area contributed by atoms with Crippen LogP contribution in [-0.2, 0) is 13.5 Å². The van der Waals surface area contributed by atoms with Gasteiger partial charge in [-0.2, -0.15) is 10.4 Å². The summed E-state index contributed by atoms with van der Waals surface area (Å²) >= 11 is 0. The van der Waals surface area contributed by atoms with Crippen LogP contribution in [0.4, 0.5) is 0 Å². The molecule has 0 radical (unpaired) electrons. The predicted molar refractivity (Wildman–Crippen MR) is 65.5 cm³/mol. The zero-order valence-electron chi connectivity index (χ0n) is 10.9. The van der Waals surface area contributed by atoms with E-state index in [1.54, 1.807) is 17.9 Å². The molecule has 1 unspecified atom stereocenters. The van der Waals surface area contributed by atoms with Crippen molar-refractivity contribution in [2.24, 2.45) is 18.9 Å². The van der Waals surface area contributed by atoms with E-state index in [0.717, 1.165) is 5.69 Å². The number of carbonyl (C=O) groups excluding carboxylic acids is 1. The van der Waals surface area contributed by atoms with Crippen LogP contribution in [0.1, 0.15) is 43.2 Å². The lowest BCUT2D eigenvalue weighted by molar-refractivity contribution is 0.0936. The highest BCUT2D eigenvalue weighted by atomic mass is 16.1. The molecule has 0 aliphatic heterocycles. The van der Waals surface area contributed by atoms with E-state index < -0.39 is 5.92 Å². The van der Waals surface area contributed by atoms with Crippen molar-refractivity contribution in [2.45, 2.75) is 33.6 Å². The Labute approximate surface area is 102 Å². The molecule has 0 fully saturated rings. The Bertz CT molecular complexity index is 440. The van der Waals surface area contributed by atoms with E-state index in [-0.39, 0.29) is 5.78 Å². The minimum atomic E-state index is -0.551. The first-order chi connectivity index (χ1) is 7.99. The molecule has 1 rings (SSSR count). The second-order valence-electron chi connectivity index (χ2n) is 4.69. The van der Waals surface area contributed by atoms with Gasteiger partial charge in [0, 0.05) is 13.2 Å². The first-order valence-electron chi connectivity index (χ1n) is 5.95. The SMILES string of the molecule is CCc1nn(C)cc1C(=O)C(C#N)CC(C)C. The molecule has 17 heavy (non-hydrogen) atoms. The summed E-state index contributed by atoms with van der Waals surface area (Å²) < 4.78 is 1.63. The van der Waals surface area contributed by atoms with Gasteiger partial charge in [0.05, 0.1) is 17.3 Å². The fourth-order valence-electron chi connectivity index (χ4n) is 1.88. The smallest absolute Gasteiger partial charge is 0.183 e. The molecular weight excluding hydrogens is 214 g/mol. The molecule has 0 aliphatic carbocycles. The van der Waals surface area contributed by atoms with Gasteiger partial charge in [0.15, 0.2) is 5.78 Å². The maximum atomic E-state index is 12.2. The number of aromatic nitrogens is 2. The fraction of sp³-hybridized carbons (Fsp3) is 0.615. The Morgan fingerprint density at radius 2 is 2.24 bits per heavy atom. The van der Waals surface area contributed by atoms with Gasteiger partial charge in [0.2, 0.25) is 0 Å². The van der Waals surface area contributed by atoms with Crippen LogP contribution in [0.15, 0.2) is 6.20 Å². The summed E-state index contributed by atoms with van der Waals surface area (Å²) in [5, 5.41) is 13.3. The van der Waals surface area contributed by atoms with Gasteiger partial charge in [-0.15, -0.1) is 0 Å². The van der Waals surface area contributed by atoms with Crippen molar-refractivity contribution in [3.05, 3.63) is 17.5 Å². The lowest BCUT2D eigenvalue weighted by Gasteiger charge is -2.09. The second kappa shape index (κ2) is 5.62. The van der Waals surface area contributed by atoms with Crippen molar-refractivity contribution < 1.29 is 4.79 Å². The number of rotatable bonds is 5. The minimum absolute atomic E-state index is 0.0915. The highest BCUT2D eigenvalue weighted by Crippen LogP contribution is 2.19. The topological polar surface area (TPSA) is 58.7 Å². The predicted octanol–water partition coefficient (Wildman–Crippen LogP) is 2.35. The minimum Gasteiger partial charge on any atom is -0.293 e. The first-order valence-corrected chi connectivity index (χ1v) is 5.95. The van der Waals surface area contributed by atoms with Crippen LogP contribution < -0.4 is 0 Å². The standard InChI is InChI=1S/C13H19N3O/c1-5-12-11(8-16(4)15-12)13(17)10(7-14)6-9(2)3/h8-10H,5-6H2,1-4H3. The number of hydrogen-bond donors (Lipinski definition) is 0. The number of ketones is 1. The second-order valence-corrected chi connectivity index (χ2v) is 4.69. The summed E-state index contributed by atoms with van der Waals surface area (Å²) in [4.78, 5) is 12.2. The van der Waals surface area contributed by atoms with Crippen molar-refractivity contribution >= 4 is 5.78 Å². The van der Waals surface area contributed by atoms with Crippen molar-refractivity contribution in [3.63, 3.8) is 0 Å². The van der Waals surface area contributed by atoms with Gasteiger partial charge >= 0.3 is 0 Å². The van der Waals surface area contributed by atoms with E-state index in [1.807, 2.05) is 20.8 Å². The van der Waals surface area contributed by atoms with Crippen LogP contribution in [-0.4, -0.2) is 15.6 Å². The van der Waals surface area contributed by atoms with Crippen LogP contribution in [0.2, 0.25) is 0 Å². The van der Waals surface area contributed by atoms with Crippen LogP contribution in [0.5, 0.6) is 0 Å². The molecule has 4 heteroatoms. The van der Waals surface area contributed by atoms with Crippen LogP contribution in [0.3, 0.4) is 0 Å². The number of carbonyl (C=O) groups is 1. The van der Waals surface area contributed by atoms with E-state index in [1.165, 1.54) is 0 Å². The Morgan fingerprint density at radius 3 is 2.71 bits per heavy atom. The molecule has 92 valence electrons. The van der Waals surface area contributed by atoms with Crippen LogP contribution >= 0.6 is 0 Å². The molecule has 1 atom stereocenters. The summed E-state index contributed by atoms with van der Waals surface area (Å²) in [6.07, 6.45) is 3.03. The third-order valence-corrected chi connectivity index (χ3v) is 2.69. The Morgan fingerprint density at radius 1 is 1.59 bits per heavy atom. The van der Waals surface area contributed by atoms with E-state index in [2.05, 4.69) is 11.2 Å². The van der Waals surface area contributed by atoms with Gasteiger partial charge < -0.3 is 0 Å². The van der Waals surface area contributed by atoms with Crippen LogP contribution in [0.25, 0.3) is 0 Å². The quantitative estimate of drug-likeness (QED) is 0.733. The zero-order valence-corrected chi connectivity index (χ0v) is 10.9. The average molecular weight is 233 g/mol. The highest BCUT2D eigenvalue weighted by molar-refractivity contribution is 6.00. The highest BCUT2D eigenvalue weighted by Gasteiger charge is 2.24. The maximum absolute atomic E-state index is 12.2. The van der Waals surface area contributed by atoms with Crippen molar-refractivity contribution in [1.29, 1.82) is 5.26 Å². The van der Waals surface area contributed by atoms with E-state index in [0.29, 0.717) is 24.3 Å². The summed E-state index contributed by atoms with van der Waals surface area (Å²) in [7, 11) is 1.79. The third kappa shape index (κ3) is 3.16. The molecule has 0 saturated heterocycles. The molecule has 1 aromatic heterocycles. The molecular formula is C13H19N3O. The summed E-state index contributed by atoms with van der Waals surface area (Å²) in [6, 6.07) is 2.11. The molecule has 0 N–H and O–H groups in total. The van der Waals surface area contributed by atoms with Crippen molar-refractivity contribution in [1.82, 2.24) is 9.78 Å². The molecule has 0 saturated carbocycles. The van der Waals surface area contributed by atoms with Gasteiger partial charge in [-0.25, -0.2) is 0 Å². The first kappa shape index (κ1) is 13.4. The molecule has 0 amide bonds. The van der Waals surface area contributed by atoms with Gasteiger partial charge in [-0.3, -0.25) is 9.48 Å². The van der Waals surface area contributed by atoms with E-state index >= 15 is 0 Å². The molecule has 0 aliphatic rings. The number of nitrogens with zero attached hydrogens (tertiary/aromatic N) is 3. The van der Waals surface area contributed by atoms with E-state index in [9.17, 15) is 4.79 Å². The molecule has 0 aromatic carbocycles. The summed E-state index contributed by atoms with van der Waals surface area (Å²) in [5.74, 6) is -0.305. The van der Waals surface area contributed by atoms with Crippen molar-refractivity contribution in [2.75, 3.05) is 0 Å². The van der Waals surface area contributed by atoms with E-state index in [4.69, 9.17) is 5.26 Å². The van der Waals surface area contributed by atoms with Gasteiger partial charge in [-0.05, 0) is 18.8 Å². The maximum Gasteiger partial charge on any atom is 0.183 e. The monoisotopic (exact) mass is 233 g/mol. The summed E-state index contributed by atoms with van der Waals surface area (Å²) in [6.45, 7) is 5.99. The van der Waals surface area contributed by atoms with Gasteiger partial charge in [-0.1, -0.05) is 20.8 Å². The lowest BCUT2D eigenvalue weighted by atomic mass is 9.91. The zero-order chi connectivity index (χ0) is 13.0. The van der Waals surface area contributed by atoms with Gasteiger partial charge in [0.25, 0.3) is 0 Å². The fourth-order valence-corrected chi connectivity index (χ4v) is 1.88.